The van der Waals surface area contributed by atoms with Crippen LogP contribution in [-0.4, -0.2) is 33.4 Å². The molecule has 2 heterocycles. The Morgan fingerprint density at radius 1 is 1.15 bits per heavy atom. The molecule has 1 saturated carbocycles. The Hall–Kier alpha value is -2.50. The van der Waals surface area contributed by atoms with Gasteiger partial charge in [0.05, 0.1) is 11.1 Å². The Labute approximate surface area is 151 Å². The lowest BCUT2D eigenvalue weighted by molar-refractivity contribution is -0.133. The Morgan fingerprint density at radius 2 is 1.81 bits per heavy atom. The average molecular weight is 355 g/mol. The first-order valence-corrected chi connectivity index (χ1v) is 9.03. The highest BCUT2D eigenvalue weighted by Crippen LogP contribution is 2.49. The summed E-state index contributed by atoms with van der Waals surface area (Å²) < 4.78 is 14.8. The summed E-state index contributed by atoms with van der Waals surface area (Å²) in [5.74, 6) is 0.489. The monoisotopic (exact) mass is 355 g/mol. The molecule has 6 heteroatoms. The molecule has 0 unspecified atom stereocenters. The van der Waals surface area contributed by atoms with E-state index in [1.54, 1.807) is 23.7 Å². The van der Waals surface area contributed by atoms with Gasteiger partial charge in [0.15, 0.2) is 0 Å². The molecule has 0 spiro atoms. The van der Waals surface area contributed by atoms with Crippen molar-refractivity contribution >= 4 is 5.91 Å². The lowest BCUT2D eigenvalue weighted by Gasteiger charge is -2.26. The maximum absolute atomic E-state index is 13.2. The number of hydrogen-bond acceptors (Lipinski definition) is 3. The van der Waals surface area contributed by atoms with E-state index in [2.05, 4.69) is 4.98 Å². The Morgan fingerprint density at radius 3 is 2.46 bits per heavy atom. The summed E-state index contributed by atoms with van der Waals surface area (Å²) in [6.45, 7) is 2.91. The van der Waals surface area contributed by atoms with Crippen molar-refractivity contribution < 1.29 is 9.18 Å². The van der Waals surface area contributed by atoms with Crippen LogP contribution >= 0.6 is 0 Å². The fourth-order valence-electron chi connectivity index (χ4n) is 3.89. The molecule has 5 nitrogen and oxygen atoms in total. The van der Waals surface area contributed by atoms with E-state index < -0.39 is 5.41 Å². The molecule has 1 aliphatic carbocycles. The Balaban J connectivity index is 1.59. The number of carbonyl (C=O) groups is 1. The SMILES string of the molecule is Cc1nc2c(c(=O)n1C)CCN(C(=O)C1(c3ccc(F)cc3)CC1)CC2. The fraction of sp³-hybridized carbons (Fsp3) is 0.450. The fourth-order valence-corrected chi connectivity index (χ4v) is 3.89. The van der Waals surface area contributed by atoms with E-state index in [4.69, 9.17) is 0 Å². The predicted octanol–water partition coefficient (Wildman–Crippen LogP) is 1.89. The number of rotatable bonds is 2. The molecular formula is C20H22FN3O2. The van der Waals surface area contributed by atoms with Gasteiger partial charge < -0.3 is 4.90 Å². The van der Waals surface area contributed by atoms with Gasteiger partial charge in [-0.15, -0.1) is 0 Å². The largest absolute Gasteiger partial charge is 0.341 e. The summed E-state index contributed by atoms with van der Waals surface area (Å²) in [6.07, 6.45) is 2.71. The molecule has 0 radical (unpaired) electrons. The highest BCUT2D eigenvalue weighted by Gasteiger charge is 2.53. The zero-order valence-electron chi connectivity index (χ0n) is 15.1. The number of halogens is 1. The highest BCUT2D eigenvalue weighted by molar-refractivity contribution is 5.91. The zero-order chi connectivity index (χ0) is 18.5. The van der Waals surface area contributed by atoms with Crippen LogP contribution in [0, 0.1) is 12.7 Å². The summed E-state index contributed by atoms with van der Waals surface area (Å²) in [5.41, 5.74) is 1.89. The van der Waals surface area contributed by atoms with Crippen molar-refractivity contribution in [3.63, 3.8) is 0 Å². The molecule has 0 atom stereocenters. The van der Waals surface area contributed by atoms with Crippen LogP contribution in [0.1, 0.15) is 35.5 Å². The van der Waals surface area contributed by atoms with Gasteiger partial charge in [-0.05, 0) is 43.9 Å². The summed E-state index contributed by atoms with van der Waals surface area (Å²) in [4.78, 5) is 32.1. The number of fused-ring (bicyclic) bond motifs is 1. The van der Waals surface area contributed by atoms with E-state index >= 15 is 0 Å². The van der Waals surface area contributed by atoms with Crippen molar-refractivity contribution in [3.8, 4) is 0 Å². The van der Waals surface area contributed by atoms with E-state index in [1.807, 2.05) is 11.8 Å². The molecule has 136 valence electrons. The first kappa shape index (κ1) is 16.9. The van der Waals surface area contributed by atoms with Crippen LogP contribution in [0.15, 0.2) is 29.1 Å². The van der Waals surface area contributed by atoms with E-state index in [1.165, 1.54) is 12.1 Å². The summed E-state index contributed by atoms with van der Waals surface area (Å²) in [6, 6.07) is 6.26. The molecule has 1 aromatic heterocycles. The zero-order valence-corrected chi connectivity index (χ0v) is 15.1. The molecule has 1 fully saturated rings. The van der Waals surface area contributed by atoms with Crippen LogP contribution in [-0.2, 0) is 30.1 Å². The molecule has 2 aliphatic rings. The highest BCUT2D eigenvalue weighted by atomic mass is 19.1. The molecule has 1 aliphatic heterocycles. The van der Waals surface area contributed by atoms with E-state index in [0.717, 1.165) is 29.7 Å². The number of carbonyl (C=O) groups excluding carboxylic acids is 1. The standard InChI is InChI=1S/C20H22FN3O2/c1-13-22-17-8-12-24(11-7-16(17)18(25)23(13)2)19(26)20(9-10-20)14-3-5-15(21)6-4-14/h3-6H,7-12H2,1-2H3. The van der Waals surface area contributed by atoms with Crippen LogP contribution in [0.25, 0.3) is 0 Å². The number of hydrogen-bond donors (Lipinski definition) is 0. The summed E-state index contributed by atoms with van der Waals surface area (Å²) in [5, 5.41) is 0. The van der Waals surface area contributed by atoms with Crippen molar-refractivity contribution in [3.05, 3.63) is 63.1 Å². The third-order valence-corrected chi connectivity index (χ3v) is 5.79. The number of nitrogens with zero attached hydrogens (tertiary/aromatic N) is 3. The molecule has 26 heavy (non-hydrogen) atoms. The number of benzene rings is 1. The smallest absolute Gasteiger partial charge is 0.256 e. The van der Waals surface area contributed by atoms with E-state index in [0.29, 0.717) is 31.8 Å². The number of aryl methyl sites for hydroxylation is 1. The van der Waals surface area contributed by atoms with Crippen LogP contribution in [0.5, 0.6) is 0 Å². The summed E-state index contributed by atoms with van der Waals surface area (Å²) in [7, 11) is 1.73. The molecular weight excluding hydrogens is 333 g/mol. The average Bonchev–Trinajstić information content (AvgIpc) is 3.44. The van der Waals surface area contributed by atoms with Gasteiger partial charge in [-0.25, -0.2) is 9.37 Å². The second kappa shape index (κ2) is 6.04. The van der Waals surface area contributed by atoms with Crippen molar-refractivity contribution in [2.75, 3.05) is 13.1 Å². The van der Waals surface area contributed by atoms with Crippen molar-refractivity contribution in [2.45, 2.75) is 38.0 Å². The molecule has 4 rings (SSSR count). The number of aromatic nitrogens is 2. The third kappa shape index (κ3) is 2.64. The Bertz CT molecular complexity index is 929. The topological polar surface area (TPSA) is 55.2 Å². The quantitative estimate of drug-likeness (QED) is 0.827. The second-order valence-corrected chi connectivity index (χ2v) is 7.33. The summed E-state index contributed by atoms with van der Waals surface area (Å²) >= 11 is 0. The Kier molecular flexibility index (Phi) is 3.93. The van der Waals surface area contributed by atoms with Gasteiger partial charge in [0, 0.05) is 32.1 Å². The van der Waals surface area contributed by atoms with Crippen LogP contribution < -0.4 is 5.56 Å². The molecule has 1 aromatic carbocycles. The lowest BCUT2D eigenvalue weighted by Crippen LogP contribution is -2.41. The van der Waals surface area contributed by atoms with Crippen LogP contribution in [0.3, 0.4) is 0 Å². The van der Waals surface area contributed by atoms with Gasteiger partial charge in [0.25, 0.3) is 5.56 Å². The van der Waals surface area contributed by atoms with Gasteiger partial charge in [-0.1, -0.05) is 12.1 Å². The maximum Gasteiger partial charge on any atom is 0.256 e. The third-order valence-electron chi connectivity index (χ3n) is 5.79. The van der Waals surface area contributed by atoms with Crippen LogP contribution in [0.2, 0.25) is 0 Å². The van der Waals surface area contributed by atoms with Gasteiger partial charge in [0.1, 0.15) is 11.6 Å². The van der Waals surface area contributed by atoms with Crippen molar-refractivity contribution in [1.82, 2.24) is 14.5 Å². The lowest BCUT2D eigenvalue weighted by atomic mass is 9.94. The van der Waals surface area contributed by atoms with E-state index in [9.17, 15) is 14.0 Å². The van der Waals surface area contributed by atoms with Gasteiger partial charge in [-0.3, -0.25) is 14.2 Å². The van der Waals surface area contributed by atoms with Gasteiger partial charge in [0.2, 0.25) is 5.91 Å². The minimum atomic E-state index is -0.515. The first-order valence-electron chi connectivity index (χ1n) is 9.03. The van der Waals surface area contributed by atoms with Crippen molar-refractivity contribution in [2.24, 2.45) is 7.05 Å². The van der Waals surface area contributed by atoms with Gasteiger partial charge in [-0.2, -0.15) is 0 Å². The van der Waals surface area contributed by atoms with E-state index in [-0.39, 0.29) is 17.3 Å². The first-order chi connectivity index (χ1) is 12.4. The molecule has 0 saturated heterocycles. The maximum atomic E-state index is 13.2. The van der Waals surface area contributed by atoms with Crippen LogP contribution in [0.4, 0.5) is 4.39 Å². The molecule has 1 amide bonds. The number of amides is 1. The minimum Gasteiger partial charge on any atom is -0.341 e. The second-order valence-electron chi connectivity index (χ2n) is 7.33. The molecule has 0 bridgehead atoms. The minimum absolute atomic E-state index is 0.0125. The normalized spacial score (nSPS) is 18.2. The molecule has 0 N–H and O–H groups in total. The molecule has 2 aromatic rings. The van der Waals surface area contributed by atoms with Crippen molar-refractivity contribution in [1.29, 1.82) is 0 Å². The van der Waals surface area contributed by atoms with Gasteiger partial charge >= 0.3 is 0 Å². The predicted molar refractivity (Wildman–Crippen MR) is 95.5 cm³/mol.